The number of carbonyl (C=O) groups excluding carboxylic acids is 8. The minimum absolute atomic E-state index is 0.0281. The summed E-state index contributed by atoms with van der Waals surface area (Å²) in [5.41, 5.74) is -1.07. The Morgan fingerprint density at radius 1 is 0.388 bits per heavy atom. The van der Waals surface area contributed by atoms with Crippen molar-refractivity contribution in [1.82, 2.24) is 0 Å². The van der Waals surface area contributed by atoms with Gasteiger partial charge in [-0.15, -0.1) is 0 Å². The molecule has 0 spiro atoms. The summed E-state index contributed by atoms with van der Waals surface area (Å²) in [4.78, 5) is 93.4. The van der Waals surface area contributed by atoms with Gasteiger partial charge in [0.1, 0.15) is 24.4 Å². The summed E-state index contributed by atoms with van der Waals surface area (Å²) >= 11 is 0. The third-order valence-electron chi connectivity index (χ3n) is 21.3. The predicted octanol–water partition coefficient (Wildman–Crippen LogP) is 11.3. The molecule has 10 aliphatic carbocycles. The van der Waals surface area contributed by atoms with Gasteiger partial charge in [0, 0.05) is 0 Å². The van der Waals surface area contributed by atoms with Gasteiger partial charge in [-0.1, -0.05) is 41.5 Å². The van der Waals surface area contributed by atoms with Gasteiger partial charge in [-0.2, -0.15) is 0 Å². The first-order valence-electron chi connectivity index (χ1n) is 31.5. The molecule has 16 unspecified atom stereocenters. The Balaban J connectivity index is 0.000000157. The van der Waals surface area contributed by atoms with Crippen molar-refractivity contribution in [3.63, 3.8) is 0 Å². The molecule has 0 aromatic rings. The maximum absolute atomic E-state index is 12.1. The van der Waals surface area contributed by atoms with Crippen LogP contribution in [0.3, 0.4) is 0 Å². The average molecular weight is 1130 g/mol. The average Bonchev–Trinajstić information content (AvgIpc) is 4.44. The summed E-state index contributed by atoms with van der Waals surface area (Å²) < 4.78 is 41.9. The Bertz CT molecular complexity index is 2140. The molecule has 10 saturated carbocycles. The second-order valence-electron chi connectivity index (χ2n) is 27.1. The van der Waals surface area contributed by atoms with Crippen molar-refractivity contribution in [1.29, 1.82) is 0 Å². The van der Waals surface area contributed by atoms with E-state index in [-0.39, 0.29) is 98.5 Å². The van der Waals surface area contributed by atoms with Crippen LogP contribution in [0.2, 0.25) is 0 Å². The van der Waals surface area contributed by atoms with Crippen molar-refractivity contribution < 1.29 is 76.3 Å². The quantitative estimate of drug-likeness (QED) is 0.0630. The normalized spacial score (nSPS) is 32.6. The summed E-state index contributed by atoms with van der Waals surface area (Å²) in [6.45, 7) is 17.6. The molecule has 16 nitrogen and oxygen atoms in total. The molecule has 16 heteroatoms. The number of esters is 8. The Labute approximate surface area is 477 Å². The fourth-order valence-electron chi connectivity index (χ4n) is 15.9. The zero-order chi connectivity index (χ0) is 58.1. The number of carbonyl (C=O) groups is 8. The molecule has 0 amide bonds. The highest BCUT2D eigenvalue weighted by molar-refractivity contribution is 5.81. The lowest BCUT2D eigenvalue weighted by atomic mass is 9.70. The summed E-state index contributed by atoms with van der Waals surface area (Å²) in [5.74, 6) is 6.70. The Morgan fingerprint density at radius 3 is 1.02 bits per heavy atom. The number of hydrogen-bond acceptors (Lipinski definition) is 16. The first kappa shape index (κ1) is 63.3. The number of ether oxygens (including phenoxy) is 8. The van der Waals surface area contributed by atoms with Gasteiger partial charge in [-0.3, -0.25) is 19.2 Å². The topological polar surface area (TPSA) is 210 Å². The summed E-state index contributed by atoms with van der Waals surface area (Å²) in [5, 5.41) is 0. The number of rotatable bonds is 20. The van der Waals surface area contributed by atoms with Crippen LogP contribution in [-0.4, -0.2) is 98.6 Å². The molecule has 0 radical (unpaired) electrons. The fraction of sp³-hybridized carbons (Fsp3) is 0.875. The number of hydrogen-bond donors (Lipinski definition) is 0. The first-order valence-corrected chi connectivity index (χ1v) is 31.5. The zero-order valence-corrected chi connectivity index (χ0v) is 50.3. The molecule has 16 atom stereocenters. The molecule has 10 aliphatic rings. The van der Waals surface area contributed by atoms with E-state index in [0.29, 0.717) is 24.7 Å². The lowest BCUT2D eigenvalue weighted by Gasteiger charge is -2.38. The van der Waals surface area contributed by atoms with Gasteiger partial charge in [-0.25, -0.2) is 19.2 Å². The molecule has 0 aromatic heterocycles. The summed E-state index contributed by atoms with van der Waals surface area (Å²) in [6.07, 6.45) is 24.3. The lowest BCUT2D eigenvalue weighted by molar-refractivity contribution is -0.169. The van der Waals surface area contributed by atoms with Crippen molar-refractivity contribution in [2.24, 2.45) is 93.7 Å². The maximum atomic E-state index is 12.1. The van der Waals surface area contributed by atoms with E-state index in [2.05, 4.69) is 0 Å². The van der Waals surface area contributed by atoms with Crippen LogP contribution in [0.1, 0.15) is 210 Å². The van der Waals surface area contributed by atoms with Gasteiger partial charge >= 0.3 is 47.8 Å². The van der Waals surface area contributed by atoms with Gasteiger partial charge < -0.3 is 37.9 Å². The molecule has 80 heavy (non-hydrogen) atoms. The number of fused-ring (bicyclic) bond motifs is 18. The third-order valence-corrected chi connectivity index (χ3v) is 21.3. The zero-order valence-electron chi connectivity index (χ0n) is 50.3. The molecule has 10 rings (SSSR count). The van der Waals surface area contributed by atoms with Crippen LogP contribution >= 0.6 is 0 Å². The fourth-order valence-corrected chi connectivity index (χ4v) is 15.9. The largest absolute Gasteiger partial charge is 0.460 e. The van der Waals surface area contributed by atoms with Gasteiger partial charge in [0.15, 0.2) is 26.4 Å². The van der Waals surface area contributed by atoms with Crippen molar-refractivity contribution >= 4 is 47.8 Å². The van der Waals surface area contributed by atoms with E-state index >= 15 is 0 Å². The Kier molecular flexibility index (Phi) is 22.5. The van der Waals surface area contributed by atoms with Gasteiger partial charge in [0.2, 0.25) is 0 Å². The summed E-state index contributed by atoms with van der Waals surface area (Å²) in [6, 6.07) is 0. The minimum atomic E-state index is -0.539. The molecule has 452 valence electrons. The monoisotopic (exact) mass is 1120 g/mol. The van der Waals surface area contributed by atoms with Crippen LogP contribution < -0.4 is 0 Å². The van der Waals surface area contributed by atoms with Gasteiger partial charge in [-0.05, 0) is 240 Å². The molecule has 0 aliphatic heterocycles. The predicted molar refractivity (Wildman–Crippen MR) is 295 cm³/mol. The van der Waals surface area contributed by atoms with Crippen molar-refractivity contribution in [3.8, 4) is 0 Å². The van der Waals surface area contributed by atoms with Crippen LogP contribution in [0.5, 0.6) is 0 Å². The molecule has 8 bridgehead atoms. The second-order valence-corrected chi connectivity index (χ2v) is 27.1. The molecular weight excluding hydrogens is 1020 g/mol. The Morgan fingerprint density at radius 2 is 0.700 bits per heavy atom. The van der Waals surface area contributed by atoms with E-state index in [1.165, 1.54) is 51.4 Å². The van der Waals surface area contributed by atoms with Crippen LogP contribution in [0.4, 0.5) is 0 Å². The first-order chi connectivity index (χ1) is 38.1. The molecular formula is C64H100O16. The highest BCUT2D eigenvalue weighted by Gasteiger charge is 2.64. The SMILES string of the molecule is CCC(C)(C)C(=O)OCC(=O)OC1CC2CC1C1C3CCC(C3)C21.CCC(C)(C)C(=O)OCC(=O)OC1CCCC1.CCC(C)C(=O)OCC(=O)OC1CC2CC1C1C3CCC(C3)C21.CCC(C)C(=O)OCC(=O)OC1CCCC1. The van der Waals surface area contributed by atoms with E-state index in [1.54, 1.807) is 20.8 Å². The van der Waals surface area contributed by atoms with Crippen LogP contribution in [-0.2, 0) is 76.3 Å². The van der Waals surface area contributed by atoms with E-state index in [1.807, 2.05) is 48.5 Å². The van der Waals surface area contributed by atoms with E-state index < -0.39 is 22.8 Å². The van der Waals surface area contributed by atoms with E-state index in [9.17, 15) is 38.4 Å². The molecule has 0 heterocycles. The van der Waals surface area contributed by atoms with Crippen molar-refractivity contribution in [3.05, 3.63) is 0 Å². The highest BCUT2D eigenvalue weighted by atomic mass is 16.6. The Hall–Kier alpha value is -4.24. The molecule has 0 aromatic carbocycles. The van der Waals surface area contributed by atoms with Crippen molar-refractivity contribution in [2.45, 2.75) is 235 Å². The highest BCUT2D eigenvalue weighted by Crippen LogP contribution is 2.69. The standard InChI is InChI=1S/C20H30O4.C19H28O4.C13H22O4.C12H20O4/c1-4-20(2,3)19(22)23-10-16(21)24-15-9-13-8-14(15)18-12-6-5-11(7-12)17(13)18;1-3-10(2)19(21)22-9-16(20)23-15-8-13-7-14(15)18-12-5-4-11(6-12)17(13)18;1-4-13(2,3)12(15)16-9-11(14)17-10-7-5-6-8-10;1-3-9(2)12(14)15-8-11(13)16-10-6-4-5-7-10/h11-15,17-18H,4-10H2,1-3H3;10-15,17-18H,3-9H2,1-2H3;10H,4-9H2,1-3H3;9-10H,3-8H2,1-2H3. The van der Waals surface area contributed by atoms with Crippen molar-refractivity contribution in [2.75, 3.05) is 26.4 Å². The smallest absolute Gasteiger partial charge is 0.344 e. The van der Waals surface area contributed by atoms with Gasteiger partial charge in [0.25, 0.3) is 0 Å². The van der Waals surface area contributed by atoms with E-state index in [4.69, 9.17) is 37.9 Å². The maximum Gasteiger partial charge on any atom is 0.344 e. The molecule has 0 N–H and O–H groups in total. The minimum Gasteiger partial charge on any atom is -0.460 e. The lowest BCUT2D eigenvalue weighted by Crippen LogP contribution is -2.38. The van der Waals surface area contributed by atoms with E-state index in [0.717, 1.165) is 136 Å². The van der Waals surface area contributed by atoms with Crippen LogP contribution in [0.25, 0.3) is 0 Å². The van der Waals surface area contributed by atoms with Gasteiger partial charge in [0.05, 0.1) is 22.7 Å². The second kappa shape index (κ2) is 28.4. The van der Waals surface area contributed by atoms with Crippen LogP contribution in [0, 0.1) is 93.7 Å². The molecule has 0 saturated heterocycles. The molecule has 10 fully saturated rings. The summed E-state index contributed by atoms with van der Waals surface area (Å²) in [7, 11) is 0. The van der Waals surface area contributed by atoms with Crippen LogP contribution in [0.15, 0.2) is 0 Å². The third kappa shape index (κ3) is 15.7.